The molecule has 1 aromatic carbocycles. The van der Waals surface area contributed by atoms with Gasteiger partial charge in [-0.3, -0.25) is 4.79 Å². The number of phenols is 1. The molecule has 0 aliphatic carbocycles. The molecule has 0 radical (unpaired) electrons. The standard InChI is InChI=1S/C19H30N2O2/c1-14(2)19(23)21-12-10-17(11-13-21)20-15(3)4-5-16-6-8-18(22)9-7-16/h6-9,14-15,17,20,22H,4-5,10-13H2,1-3H3/t15-/m0/s1. The van der Waals surface area contributed by atoms with E-state index >= 15 is 0 Å². The molecular formula is C19H30N2O2. The highest BCUT2D eigenvalue weighted by Crippen LogP contribution is 2.15. The van der Waals surface area contributed by atoms with E-state index in [-0.39, 0.29) is 11.8 Å². The van der Waals surface area contributed by atoms with E-state index < -0.39 is 0 Å². The molecule has 0 saturated carbocycles. The van der Waals surface area contributed by atoms with Gasteiger partial charge in [0.05, 0.1) is 0 Å². The van der Waals surface area contributed by atoms with Crippen molar-refractivity contribution in [3.8, 4) is 5.75 Å². The molecule has 2 N–H and O–H groups in total. The third-order valence-electron chi connectivity index (χ3n) is 4.62. The normalized spacial score (nSPS) is 17.5. The number of phenolic OH excluding ortho intramolecular Hbond substituents is 1. The predicted octanol–water partition coefficient (Wildman–Crippen LogP) is 2.95. The first kappa shape index (κ1) is 17.8. The monoisotopic (exact) mass is 318 g/mol. The smallest absolute Gasteiger partial charge is 0.225 e. The number of hydrogen-bond acceptors (Lipinski definition) is 3. The maximum Gasteiger partial charge on any atom is 0.225 e. The lowest BCUT2D eigenvalue weighted by molar-refractivity contribution is -0.135. The molecule has 128 valence electrons. The van der Waals surface area contributed by atoms with Crippen LogP contribution in [0.1, 0.15) is 45.6 Å². The van der Waals surface area contributed by atoms with Gasteiger partial charge >= 0.3 is 0 Å². The Morgan fingerprint density at radius 1 is 1.22 bits per heavy atom. The number of likely N-dealkylation sites (tertiary alicyclic amines) is 1. The average Bonchev–Trinajstić information content (AvgIpc) is 2.54. The molecule has 23 heavy (non-hydrogen) atoms. The Bertz CT molecular complexity index is 491. The fourth-order valence-electron chi connectivity index (χ4n) is 3.16. The van der Waals surface area contributed by atoms with Crippen molar-refractivity contribution in [2.45, 2.75) is 58.5 Å². The van der Waals surface area contributed by atoms with Crippen LogP contribution in [0.15, 0.2) is 24.3 Å². The first-order valence-electron chi connectivity index (χ1n) is 8.78. The number of nitrogens with zero attached hydrogens (tertiary/aromatic N) is 1. The number of aromatic hydroxyl groups is 1. The maximum absolute atomic E-state index is 12.0. The van der Waals surface area contributed by atoms with Crippen molar-refractivity contribution in [2.24, 2.45) is 5.92 Å². The minimum absolute atomic E-state index is 0.101. The van der Waals surface area contributed by atoms with Crippen LogP contribution in [0.2, 0.25) is 0 Å². The number of aryl methyl sites for hydroxylation is 1. The molecular weight excluding hydrogens is 288 g/mol. The van der Waals surface area contributed by atoms with Gasteiger partial charge in [0.25, 0.3) is 0 Å². The first-order chi connectivity index (χ1) is 11.0. The van der Waals surface area contributed by atoms with Gasteiger partial charge in [0.15, 0.2) is 0 Å². The molecule has 4 nitrogen and oxygen atoms in total. The number of benzene rings is 1. The molecule has 1 amide bonds. The molecule has 0 unspecified atom stereocenters. The zero-order valence-electron chi connectivity index (χ0n) is 14.6. The molecule has 1 aromatic rings. The van der Waals surface area contributed by atoms with E-state index in [4.69, 9.17) is 0 Å². The zero-order chi connectivity index (χ0) is 16.8. The number of rotatable bonds is 6. The molecule has 1 fully saturated rings. The van der Waals surface area contributed by atoms with Crippen LogP contribution in [0.25, 0.3) is 0 Å². The van der Waals surface area contributed by atoms with E-state index in [1.54, 1.807) is 12.1 Å². The first-order valence-corrected chi connectivity index (χ1v) is 8.78. The van der Waals surface area contributed by atoms with Gasteiger partial charge in [0.2, 0.25) is 5.91 Å². The molecule has 1 heterocycles. The Hall–Kier alpha value is -1.55. The minimum atomic E-state index is 0.101. The van der Waals surface area contributed by atoms with E-state index in [0.717, 1.165) is 38.8 Å². The molecule has 0 aromatic heterocycles. The molecule has 1 saturated heterocycles. The summed E-state index contributed by atoms with van der Waals surface area (Å²) in [5, 5.41) is 13.0. The van der Waals surface area contributed by atoms with Crippen molar-refractivity contribution in [2.75, 3.05) is 13.1 Å². The summed E-state index contributed by atoms with van der Waals surface area (Å²) in [6.07, 6.45) is 4.18. The van der Waals surface area contributed by atoms with Gasteiger partial charge in [0.1, 0.15) is 5.75 Å². The highest BCUT2D eigenvalue weighted by molar-refractivity contribution is 5.78. The summed E-state index contributed by atoms with van der Waals surface area (Å²) in [5.74, 6) is 0.704. The van der Waals surface area contributed by atoms with Gasteiger partial charge in [0, 0.05) is 31.1 Å². The van der Waals surface area contributed by atoms with Crippen molar-refractivity contribution < 1.29 is 9.90 Å². The Balaban J connectivity index is 1.69. The number of hydrogen-bond donors (Lipinski definition) is 2. The van der Waals surface area contributed by atoms with Crippen molar-refractivity contribution >= 4 is 5.91 Å². The Labute approximate surface area is 139 Å². The van der Waals surface area contributed by atoms with E-state index in [2.05, 4.69) is 12.2 Å². The van der Waals surface area contributed by atoms with Crippen molar-refractivity contribution in [1.82, 2.24) is 10.2 Å². The number of carbonyl (C=O) groups excluding carboxylic acids is 1. The fraction of sp³-hybridized carbons (Fsp3) is 0.632. The largest absolute Gasteiger partial charge is 0.508 e. The minimum Gasteiger partial charge on any atom is -0.508 e. The quantitative estimate of drug-likeness (QED) is 0.848. The van der Waals surface area contributed by atoms with Crippen LogP contribution in [0, 0.1) is 5.92 Å². The molecule has 1 aliphatic rings. The lowest BCUT2D eigenvalue weighted by Gasteiger charge is -2.35. The summed E-state index contributed by atoms with van der Waals surface area (Å²) in [7, 11) is 0. The van der Waals surface area contributed by atoms with E-state index in [1.807, 2.05) is 30.9 Å². The Morgan fingerprint density at radius 2 is 1.83 bits per heavy atom. The summed E-state index contributed by atoms with van der Waals surface area (Å²) in [5.41, 5.74) is 1.26. The van der Waals surface area contributed by atoms with Crippen molar-refractivity contribution in [3.63, 3.8) is 0 Å². The third kappa shape index (κ3) is 5.54. The summed E-state index contributed by atoms with van der Waals surface area (Å²) < 4.78 is 0. The van der Waals surface area contributed by atoms with Crippen LogP contribution in [0.4, 0.5) is 0 Å². The van der Waals surface area contributed by atoms with Gasteiger partial charge in [-0.15, -0.1) is 0 Å². The topological polar surface area (TPSA) is 52.6 Å². The van der Waals surface area contributed by atoms with Crippen LogP contribution < -0.4 is 5.32 Å². The third-order valence-corrected chi connectivity index (χ3v) is 4.62. The Morgan fingerprint density at radius 3 is 2.39 bits per heavy atom. The van der Waals surface area contributed by atoms with Crippen LogP contribution in [-0.2, 0) is 11.2 Å². The van der Waals surface area contributed by atoms with Gasteiger partial charge in [-0.25, -0.2) is 0 Å². The summed E-state index contributed by atoms with van der Waals surface area (Å²) >= 11 is 0. The second-order valence-corrected chi connectivity index (χ2v) is 7.03. The molecule has 1 aliphatic heterocycles. The van der Waals surface area contributed by atoms with Crippen LogP contribution >= 0.6 is 0 Å². The van der Waals surface area contributed by atoms with Crippen molar-refractivity contribution in [1.29, 1.82) is 0 Å². The van der Waals surface area contributed by atoms with Gasteiger partial charge in [-0.05, 0) is 50.3 Å². The van der Waals surface area contributed by atoms with Crippen LogP contribution in [-0.4, -0.2) is 41.1 Å². The average molecular weight is 318 g/mol. The van der Waals surface area contributed by atoms with Crippen LogP contribution in [0.3, 0.4) is 0 Å². The van der Waals surface area contributed by atoms with Crippen molar-refractivity contribution in [3.05, 3.63) is 29.8 Å². The molecule has 0 spiro atoms. The highest BCUT2D eigenvalue weighted by Gasteiger charge is 2.24. The second-order valence-electron chi connectivity index (χ2n) is 7.03. The molecule has 2 rings (SSSR count). The molecule has 4 heteroatoms. The van der Waals surface area contributed by atoms with Gasteiger partial charge in [-0.1, -0.05) is 26.0 Å². The lowest BCUT2D eigenvalue weighted by atomic mass is 10.0. The van der Waals surface area contributed by atoms with E-state index in [1.165, 1.54) is 5.56 Å². The molecule has 0 bridgehead atoms. The molecule has 1 atom stereocenters. The fourth-order valence-corrected chi connectivity index (χ4v) is 3.16. The van der Waals surface area contributed by atoms with Crippen LogP contribution in [0.5, 0.6) is 5.75 Å². The van der Waals surface area contributed by atoms with Gasteiger partial charge in [-0.2, -0.15) is 0 Å². The number of piperidine rings is 1. The Kier molecular flexibility index (Phi) is 6.46. The number of nitrogens with one attached hydrogen (secondary N) is 1. The summed E-state index contributed by atoms with van der Waals surface area (Å²) in [4.78, 5) is 14.0. The van der Waals surface area contributed by atoms with E-state index in [9.17, 15) is 9.90 Å². The number of amides is 1. The zero-order valence-corrected chi connectivity index (χ0v) is 14.6. The highest BCUT2D eigenvalue weighted by atomic mass is 16.3. The maximum atomic E-state index is 12.0. The van der Waals surface area contributed by atoms with Gasteiger partial charge < -0.3 is 15.3 Å². The SMILES string of the molecule is CC(C)C(=O)N1CCC(N[C@@H](C)CCc2ccc(O)cc2)CC1. The summed E-state index contributed by atoms with van der Waals surface area (Å²) in [6, 6.07) is 8.43. The summed E-state index contributed by atoms with van der Waals surface area (Å²) in [6.45, 7) is 7.92. The second kappa shape index (κ2) is 8.34. The van der Waals surface area contributed by atoms with E-state index in [0.29, 0.717) is 17.8 Å². The predicted molar refractivity (Wildman–Crippen MR) is 93.5 cm³/mol. The number of carbonyl (C=O) groups is 1. The lowest BCUT2D eigenvalue weighted by Crippen LogP contribution is -2.48.